The molecule has 0 saturated heterocycles. The number of hydrogen-bond donors (Lipinski definition) is 1. The van der Waals surface area contributed by atoms with Gasteiger partial charge in [0.1, 0.15) is 0 Å². The standard InChI is InChI=1S/C14H23N/c1-5-9-13(6-2)10-11-14(7-3)12-15-8-4/h5,7,9-10,12,15H,3,6,8,11H2,1-2,4H3/b9-5-,13-10-,14-12-. The maximum Gasteiger partial charge on any atom is 0.0113 e. The van der Waals surface area contributed by atoms with Crippen LogP contribution < -0.4 is 5.32 Å². The Labute approximate surface area is 94.3 Å². The third kappa shape index (κ3) is 6.78. The van der Waals surface area contributed by atoms with Gasteiger partial charge in [0.15, 0.2) is 0 Å². The molecule has 84 valence electrons. The summed E-state index contributed by atoms with van der Waals surface area (Å²) in [6.07, 6.45) is 12.5. The molecule has 1 nitrogen and oxygen atoms in total. The molecule has 0 heterocycles. The molecule has 0 saturated carbocycles. The highest BCUT2D eigenvalue weighted by atomic mass is 14.8. The zero-order chi connectivity index (χ0) is 11.5. The Morgan fingerprint density at radius 2 is 2.00 bits per heavy atom. The van der Waals surface area contributed by atoms with Crippen LogP contribution in [0.15, 0.2) is 48.2 Å². The first-order valence-corrected chi connectivity index (χ1v) is 5.65. The van der Waals surface area contributed by atoms with Crippen molar-refractivity contribution in [2.45, 2.75) is 33.6 Å². The predicted octanol–water partition coefficient (Wildman–Crippen LogP) is 3.97. The molecular formula is C14H23N. The number of nitrogens with one attached hydrogen (secondary N) is 1. The van der Waals surface area contributed by atoms with Crippen molar-refractivity contribution in [1.82, 2.24) is 5.32 Å². The molecule has 1 N–H and O–H groups in total. The Kier molecular flexibility index (Phi) is 8.55. The monoisotopic (exact) mass is 205 g/mol. The van der Waals surface area contributed by atoms with Gasteiger partial charge in [-0.3, -0.25) is 0 Å². The van der Waals surface area contributed by atoms with Crippen molar-refractivity contribution >= 4 is 0 Å². The molecule has 0 bridgehead atoms. The second-order valence-electron chi connectivity index (χ2n) is 3.32. The smallest absolute Gasteiger partial charge is 0.0113 e. The lowest BCUT2D eigenvalue weighted by Crippen LogP contribution is -2.03. The minimum atomic E-state index is 0.948. The van der Waals surface area contributed by atoms with Gasteiger partial charge in [-0.25, -0.2) is 0 Å². The van der Waals surface area contributed by atoms with E-state index in [9.17, 15) is 0 Å². The van der Waals surface area contributed by atoms with Crippen LogP contribution in [0.25, 0.3) is 0 Å². The molecule has 0 unspecified atom stereocenters. The summed E-state index contributed by atoms with van der Waals surface area (Å²) < 4.78 is 0. The highest BCUT2D eigenvalue weighted by molar-refractivity contribution is 5.24. The Bertz CT molecular complexity index is 257. The van der Waals surface area contributed by atoms with Gasteiger partial charge in [0, 0.05) is 6.54 Å². The molecule has 0 aliphatic rings. The van der Waals surface area contributed by atoms with Gasteiger partial charge in [-0.15, -0.1) is 0 Å². The Hall–Kier alpha value is -1.24. The average Bonchev–Trinajstić information content (AvgIpc) is 2.27. The fraction of sp³-hybridized carbons (Fsp3) is 0.429. The zero-order valence-electron chi connectivity index (χ0n) is 10.2. The molecule has 15 heavy (non-hydrogen) atoms. The lowest BCUT2D eigenvalue weighted by Gasteiger charge is -2.01. The quantitative estimate of drug-likeness (QED) is 0.620. The van der Waals surface area contributed by atoms with E-state index in [-0.39, 0.29) is 0 Å². The Morgan fingerprint density at radius 3 is 2.47 bits per heavy atom. The van der Waals surface area contributed by atoms with Crippen LogP contribution in [-0.2, 0) is 0 Å². The van der Waals surface area contributed by atoms with E-state index in [1.54, 1.807) is 0 Å². The predicted molar refractivity (Wildman–Crippen MR) is 69.8 cm³/mol. The van der Waals surface area contributed by atoms with Gasteiger partial charge >= 0.3 is 0 Å². The Balaban J connectivity index is 4.35. The molecule has 0 atom stereocenters. The van der Waals surface area contributed by atoms with Crippen molar-refractivity contribution in [2.75, 3.05) is 6.54 Å². The second kappa shape index (κ2) is 9.32. The molecule has 0 aromatic rings. The summed E-state index contributed by atoms with van der Waals surface area (Å²) in [4.78, 5) is 0. The summed E-state index contributed by atoms with van der Waals surface area (Å²) in [7, 11) is 0. The van der Waals surface area contributed by atoms with Crippen LogP contribution in [-0.4, -0.2) is 6.54 Å². The van der Waals surface area contributed by atoms with Crippen LogP contribution in [0.4, 0.5) is 0 Å². The van der Waals surface area contributed by atoms with Crippen molar-refractivity contribution < 1.29 is 0 Å². The molecule has 0 rings (SSSR count). The highest BCUT2D eigenvalue weighted by Gasteiger charge is 1.91. The van der Waals surface area contributed by atoms with Gasteiger partial charge in [0.2, 0.25) is 0 Å². The fourth-order valence-corrected chi connectivity index (χ4v) is 1.23. The van der Waals surface area contributed by atoms with Crippen LogP contribution in [0, 0.1) is 0 Å². The first kappa shape index (κ1) is 13.8. The van der Waals surface area contributed by atoms with Gasteiger partial charge < -0.3 is 5.32 Å². The molecule has 0 amide bonds. The first-order chi connectivity index (χ1) is 7.28. The summed E-state index contributed by atoms with van der Waals surface area (Å²) in [5.41, 5.74) is 2.61. The van der Waals surface area contributed by atoms with Gasteiger partial charge in [-0.1, -0.05) is 43.4 Å². The molecule has 0 aliphatic carbocycles. The van der Waals surface area contributed by atoms with Crippen LogP contribution in [0.2, 0.25) is 0 Å². The van der Waals surface area contributed by atoms with Crippen molar-refractivity contribution in [3.05, 3.63) is 48.2 Å². The third-order valence-electron chi connectivity index (χ3n) is 2.14. The maximum atomic E-state index is 3.81. The number of allylic oxidation sites excluding steroid dienone is 6. The van der Waals surface area contributed by atoms with Crippen LogP contribution in [0.1, 0.15) is 33.6 Å². The molecule has 0 radical (unpaired) electrons. The largest absolute Gasteiger partial charge is 0.391 e. The van der Waals surface area contributed by atoms with Crippen LogP contribution in [0.3, 0.4) is 0 Å². The van der Waals surface area contributed by atoms with Crippen LogP contribution in [0.5, 0.6) is 0 Å². The number of rotatable bonds is 7. The third-order valence-corrected chi connectivity index (χ3v) is 2.14. The molecule has 0 fully saturated rings. The summed E-state index contributed by atoms with van der Waals surface area (Å²) in [6, 6.07) is 0. The summed E-state index contributed by atoms with van der Waals surface area (Å²) in [6.45, 7) is 11.1. The summed E-state index contributed by atoms with van der Waals surface area (Å²) in [5.74, 6) is 0. The molecule has 0 spiro atoms. The van der Waals surface area contributed by atoms with Gasteiger partial charge in [0.25, 0.3) is 0 Å². The lowest BCUT2D eigenvalue weighted by atomic mass is 10.1. The van der Waals surface area contributed by atoms with Crippen molar-refractivity contribution in [1.29, 1.82) is 0 Å². The lowest BCUT2D eigenvalue weighted by molar-refractivity contribution is 0.906. The minimum Gasteiger partial charge on any atom is -0.391 e. The SMILES string of the molecule is C=C/C(=C/NCC)C/C=C(\C=C/C)CC. The normalized spacial score (nSPS) is 13.3. The van der Waals surface area contributed by atoms with Gasteiger partial charge in [-0.05, 0) is 38.5 Å². The molecule has 0 aliphatic heterocycles. The van der Waals surface area contributed by atoms with E-state index in [4.69, 9.17) is 0 Å². The topological polar surface area (TPSA) is 12.0 Å². The first-order valence-electron chi connectivity index (χ1n) is 5.65. The summed E-state index contributed by atoms with van der Waals surface area (Å²) >= 11 is 0. The van der Waals surface area contributed by atoms with E-state index < -0.39 is 0 Å². The molecule has 0 aromatic heterocycles. The van der Waals surface area contributed by atoms with E-state index in [2.05, 4.69) is 44.0 Å². The molecule has 1 heteroatoms. The van der Waals surface area contributed by atoms with E-state index in [1.165, 1.54) is 11.1 Å². The fourth-order valence-electron chi connectivity index (χ4n) is 1.23. The molecule has 0 aromatic carbocycles. The Morgan fingerprint density at radius 1 is 1.27 bits per heavy atom. The molecular weight excluding hydrogens is 182 g/mol. The van der Waals surface area contributed by atoms with Crippen molar-refractivity contribution in [2.24, 2.45) is 0 Å². The van der Waals surface area contributed by atoms with Crippen molar-refractivity contribution in [3.8, 4) is 0 Å². The van der Waals surface area contributed by atoms with Gasteiger partial charge in [-0.2, -0.15) is 0 Å². The highest BCUT2D eigenvalue weighted by Crippen LogP contribution is 2.09. The zero-order valence-corrected chi connectivity index (χ0v) is 10.2. The second-order valence-corrected chi connectivity index (χ2v) is 3.32. The minimum absolute atomic E-state index is 0.948. The van der Waals surface area contributed by atoms with Crippen molar-refractivity contribution in [3.63, 3.8) is 0 Å². The van der Waals surface area contributed by atoms with Gasteiger partial charge in [0.05, 0.1) is 0 Å². The summed E-state index contributed by atoms with van der Waals surface area (Å²) in [5, 5.41) is 3.19. The number of hydrogen-bond acceptors (Lipinski definition) is 1. The van der Waals surface area contributed by atoms with E-state index in [1.807, 2.05) is 19.2 Å². The van der Waals surface area contributed by atoms with E-state index in [0.29, 0.717) is 0 Å². The van der Waals surface area contributed by atoms with E-state index >= 15 is 0 Å². The maximum absolute atomic E-state index is 3.81. The average molecular weight is 205 g/mol. The van der Waals surface area contributed by atoms with Crippen LogP contribution >= 0.6 is 0 Å². The van der Waals surface area contributed by atoms with E-state index in [0.717, 1.165) is 19.4 Å².